The van der Waals surface area contributed by atoms with Crippen molar-refractivity contribution < 1.29 is 14.7 Å². The molecule has 0 radical (unpaired) electrons. The van der Waals surface area contributed by atoms with Gasteiger partial charge in [-0.2, -0.15) is 0 Å². The Kier molecular flexibility index (Phi) is 4.90. The molecule has 0 heterocycles. The van der Waals surface area contributed by atoms with Crippen molar-refractivity contribution in [1.82, 2.24) is 5.32 Å². The smallest absolute Gasteiger partial charge is 0.255 e. The molecule has 1 amide bonds. The number of benzene rings is 2. The summed E-state index contributed by atoms with van der Waals surface area (Å²) in [6.07, 6.45) is 1.35. The first kappa shape index (κ1) is 15.0. The standard InChI is InChI=1S/C16H12BrNO3/c17-13-8-6-12(7-9-13)15(19)18-14(16(20)21)10-11-4-2-1-3-5-11/h1-10H,(H,18,19)(H,20,21)/p-1/b14-10+. The maximum absolute atomic E-state index is 12.0. The lowest BCUT2D eigenvalue weighted by molar-refractivity contribution is -0.299. The highest BCUT2D eigenvalue weighted by atomic mass is 79.9. The van der Waals surface area contributed by atoms with Crippen molar-refractivity contribution in [3.8, 4) is 0 Å². The molecule has 0 saturated heterocycles. The van der Waals surface area contributed by atoms with Crippen molar-refractivity contribution in [2.45, 2.75) is 0 Å². The molecule has 2 aromatic rings. The summed E-state index contributed by atoms with van der Waals surface area (Å²) in [6, 6.07) is 15.4. The summed E-state index contributed by atoms with van der Waals surface area (Å²) in [6.45, 7) is 0. The number of hydrogen-bond donors (Lipinski definition) is 1. The number of halogens is 1. The minimum absolute atomic E-state index is 0.283. The normalized spacial score (nSPS) is 11.0. The summed E-state index contributed by atoms with van der Waals surface area (Å²) in [5.41, 5.74) is 0.736. The highest BCUT2D eigenvalue weighted by molar-refractivity contribution is 9.10. The average Bonchev–Trinajstić information content (AvgIpc) is 2.48. The second-order valence-electron chi connectivity index (χ2n) is 4.22. The van der Waals surface area contributed by atoms with Gasteiger partial charge in [0.05, 0.1) is 11.7 Å². The van der Waals surface area contributed by atoms with Gasteiger partial charge in [-0.25, -0.2) is 0 Å². The monoisotopic (exact) mass is 344 g/mol. The zero-order valence-electron chi connectivity index (χ0n) is 10.9. The molecule has 0 atom stereocenters. The van der Waals surface area contributed by atoms with E-state index in [9.17, 15) is 14.7 Å². The number of nitrogens with one attached hydrogen (secondary N) is 1. The van der Waals surface area contributed by atoms with Crippen LogP contribution < -0.4 is 10.4 Å². The highest BCUT2D eigenvalue weighted by Gasteiger charge is 2.08. The minimum atomic E-state index is -1.44. The Morgan fingerprint density at radius 3 is 2.19 bits per heavy atom. The van der Waals surface area contributed by atoms with Gasteiger partial charge < -0.3 is 15.2 Å². The Labute approximate surface area is 130 Å². The van der Waals surface area contributed by atoms with Gasteiger partial charge in [0.1, 0.15) is 0 Å². The lowest BCUT2D eigenvalue weighted by Crippen LogP contribution is -2.35. The van der Waals surface area contributed by atoms with Gasteiger partial charge in [-0.3, -0.25) is 4.79 Å². The lowest BCUT2D eigenvalue weighted by Gasteiger charge is -2.11. The first-order chi connectivity index (χ1) is 10.1. The highest BCUT2D eigenvalue weighted by Crippen LogP contribution is 2.11. The van der Waals surface area contributed by atoms with E-state index in [0.717, 1.165) is 4.47 Å². The third-order valence-corrected chi connectivity index (χ3v) is 3.21. The topological polar surface area (TPSA) is 69.2 Å². The first-order valence-corrected chi connectivity index (χ1v) is 6.90. The van der Waals surface area contributed by atoms with Crippen LogP contribution in [0.15, 0.2) is 64.8 Å². The molecule has 0 saturated carbocycles. The lowest BCUT2D eigenvalue weighted by atomic mass is 10.1. The van der Waals surface area contributed by atoms with Crippen molar-refractivity contribution in [3.63, 3.8) is 0 Å². The molecular weight excluding hydrogens is 334 g/mol. The molecule has 2 aromatic carbocycles. The SMILES string of the molecule is O=C([O-])/C(=C\c1ccccc1)NC(=O)c1ccc(Br)cc1. The Morgan fingerprint density at radius 1 is 1.00 bits per heavy atom. The number of amides is 1. The van der Waals surface area contributed by atoms with Gasteiger partial charge in [-0.05, 0) is 35.9 Å². The Bertz CT molecular complexity index is 678. The fourth-order valence-electron chi connectivity index (χ4n) is 1.66. The quantitative estimate of drug-likeness (QED) is 0.862. The van der Waals surface area contributed by atoms with Crippen LogP contribution in [-0.2, 0) is 4.79 Å². The number of carbonyl (C=O) groups excluding carboxylic acids is 2. The van der Waals surface area contributed by atoms with Crippen LogP contribution >= 0.6 is 15.9 Å². The Hall–Kier alpha value is -2.40. The largest absolute Gasteiger partial charge is 0.543 e. The van der Waals surface area contributed by atoms with Gasteiger partial charge in [-0.1, -0.05) is 46.3 Å². The summed E-state index contributed by atoms with van der Waals surface area (Å²) in [7, 11) is 0. The predicted octanol–water partition coefficient (Wildman–Crippen LogP) is 1.97. The van der Waals surface area contributed by atoms with E-state index in [2.05, 4.69) is 21.2 Å². The van der Waals surface area contributed by atoms with E-state index in [4.69, 9.17) is 0 Å². The third-order valence-electron chi connectivity index (χ3n) is 2.69. The molecule has 0 fully saturated rings. The second kappa shape index (κ2) is 6.85. The molecule has 1 N–H and O–H groups in total. The fourth-order valence-corrected chi connectivity index (χ4v) is 1.92. The number of rotatable bonds is 4. The molecule has 5 heteroatoms. The van der Waals surface area contributed by atoms with E-state index in [1.54, 1.807) is 48.5 Å². The molecule has 0 aliphatic heterocycles. The molecule has 106 valence electrons. The molecule has 0 aromatic heterocycles. The number of aliphatic carboxylic acids is 1. The Balaban J connectivity index is 2.21. The van der Waals surface area contributed by atoms with Crippen LogP contribution in [-0.4, -0.2) is 11.9 Å². The number of hydrogen-bond acceptors (Lipinski definition) is 3. The molecule has 4 nitrogen and oxygen atoms in total. The molecular formula is C16H11BrNO3-. The molecule has 0 aliphatic carbocycles. The molecule has 0 unspecified atom stereocenters. The van der Waals surface area contributed by atoms with Crippen LogP contribution in [0.5, 0.6) is 0 Å². The summed E-state index contributed by atoms with van der Waals surface area (Å²) >= 11 is 3.27. The van der Waals surface area contributed by atoms with Crippen molar-refractivity contribution >= 4 is 33.9 Å². The molecule has 2 rings (SSSR count). The van der Waals surface area contributed by atoms with Crippen LogP contribution in [0.25, 0.3) is 6.08 Å². The zero-order chi connectivity index (χ0) is 15.2. The van der Waals surface area contributed by atoms with Crippen LogP contribution in [0.3, 0.4) is 0 Å². The Morgan fingerprint density at radius 2 is 1.62 bits per heavy atom. The molecule has 21 heavy (non-hydrogen) atoms. The van der Waals surface area contributed by atoms with E-state index in [0.29, 0.717) is 11.1 Å². The summed E-state index contributed by atoms with van der Waals surface area (Å²) in [4.78, 5) is 23.1. The number of carboxylic acids is 1. The molecule has 0 spiro atoms. The maximum Gasteiger partial charge on any atom is 0.255 e. The maximum atomic E-state index is 12.0. The van der Waals surface area contributed by atoms with Gasteiger partial charge in [0.25, 0.3) is 5.91 Å². The predicted molar refractivity (Wildman–Crippen MR) is 81.0 cm³/mol. The van der Waals surface area contributed by atoms with Crippen molar-refractivity contribution in [2.24, 2.45) is 0 Å². The average molecular weight is 345 g/mol. The first-order valence-electron chi connectivity index (χ1n) is 6.11. The van der Waals surface area contributed by atoms with Gasteiger partial charge in [0.15, 0.2) is 0 Å². The number of carboxylic acid groups (broad SMARTS) is 1. The fraction of sp³-hybridized carbons (Fsp3) is 0. The zero-order valence-corrected chi connectivity index (χ0v) is 12.5. The van der Waals surface area contributed by atoms with E-state index in [1.807, 2.05) is 6.07 Å². The summed E-state index contributed by atoms with van der Waals surface area (Å²) in [5, 5.41) is 13.5. The van der Waals surface area contributed by atoms with E-state index < -0.39 is 11.9 Å². The van der Waals surface area contributed by atoms with E-state index in [1.165, 1.54) is 6.08 Å². The van der Waals surface area contributed by atoms with Crippen molar-refractivity contribution in [2.75, 3.05) is 0 Å². The second-order valence-corrected chi connectivity index (χ2v) is 5.13. The molecule has 0 aliphatic rings. The van der Waals surface area contributed by atoms with Crippen molar-refractivity contribution in [3.05, 3.63) is 75.9 Å². The third kappa shape index (κ3) is 4.29. The van der Waals surface area contributed by atoms with Crippen LogP contribution in [0.2, 0.25) is 0 Å². The summed E-state index contributed by atoms with van der Waals surface area (Å²) < 4.78 is 0.832. The van der Waals surface area contributed by atoms with Gasteiger partial charge >= 0.3 is 0 Å². The van der Waals surface area contributed by atoms with Crippen LogP contribution in [0.4, 0.5) is 0 Å². The van der Waals surface area contributed by atoms with Crippen molar-refractivity contribution in [1.29, 1.82) is 0 Å². The minimum Gasteiger partial charge on any atom is -0.543 e. The van der Waals surface area contributed by atoms with Gasteiger partial charge in [-0.15, -0.1) is 0 Å². The van der Waals surface area contributed by atoms with Crippen LogP contribution in [0.1, 0.15) is 15.9 Å². The summed E-state index contributed by atoms with van der Waals surface area (Å²) in [5.74, 6) is -1.95. The van der Waals surface area contributed by atoms with E-state index in [-0.39, 0.29) is 5.70 Å². The van der Waals surface area contributed by atoms with E-state index >= 15 is 0 Å². The molecule has 0 bridgehead atoms. The number of carbonyl (C=O) groups is 2. The van der Waals surface area contributed by atoms with Crippen LogP contribution in [0, 0.1) is 0 Å². The van der Waals surface area contributed by atoms with Gasteiger partial charge in [0, 0.05) is 10.0 Å². The van der Waals surface area contributed by atoms with Gasteiger partial charge in [0.2, 0.25) is 0 Å².